The molecule has 136 valence electrons. The van der Waals surface area contributed by atoms with Crippen LogP contribution in [-0.2, 0) is 0 Å². The van der Waals surface area contributed by atoms with Crippen molar-refractivity contribution in [1.82, 2.24) is 10.2 Å². The van der Waals surface area contributed by atoms with Crippen LogP contribution in [0.15, 0.2) is 47.5 Å². The normalized spacial score (nSPS) is 10.9. The van der Waals surface area contributed by atoms with E-state index in [0.29, 0.717) is 10.6 Å². The van der Waals surface area contributed by atoms with Gasteiger partial charge in [0.25, 0.3) is 11.6 Å². The first-order chi connectivity index (χ1) is 12.9. The van der Waals surface area contributed by atoms with Gasteiger partial charge in [0.15, 0.2) is 0 Å². The molecule has 1 amide bonds. The predicted octanol–water partition coefficient (Wildman–Crippen LogP) is 4.76. The summed E-state index contributed by atoms with van der Waals surface area (Å²) < 4.78 is 0. The second-order valence-electron chi connectivity index (χ2n) is 5.08. The molecule has 1 aromatic heterocycles. The molecule has 0 atom stereocenters. The Kier molecular flexibility index (Phi) is 5.75. The SMILES string of the molecule is O=C(Nc1nnc(/N=C/c2cccc([N+](=O)[O-])c2)s1)c1ccc(Cl)cc1Cl. The first kappa shape index (κ1) is 18.9. The van der Waals surface area contributed by atoms with E-state index in [0.717, 1.165) is 11.3 Å². The van der Waals surface area contributed by atoms with Crippen molar-refractivity contribution in [1.29, 1.82) is 0 Å². The van der Waals surface area contributed by atoms with Crippen LogP contribution in [0.2, 0.25) is 10.0 Å². The van der Waals surface area contributed by atoms with E-state index < -0.39 is 10.8 Å². The quantitative estimate of drug-likeness (QED) is 0.362. The maximum atomic E-state index is 12.2. The maximum Gasteiger partial charge on any atom is 0.270 e. The number of amides is 1. The van der Waals surface area contributed by atoms with E-state index in [9.17, 15) is 14.9 Å². The highest BCUT2D eigenvalue weighted by molar-refractivity contribution is 7.18. The smallest absolute Gasteiger partial charge is 0.270 e. The molecule has 0 saturated heterocycles. The van der Waals surface area contributed by atoms with Gasteiger partial charge in [0.1, 0.15) is 0 Å². The van der Waals surface area contributed by atoms with Gasteiger partial charge >= 0.3 is 0 Å². The second-order valence-corrected chi connectivity index (χ2v) is 6.88. The number of nitro groups is 1. The molecule has 0 saturated carbocycles. The van der Waals surface area contributed by atoms with E-state index in [1.165, 1.54) is 30.5 Å². The first-order valence-electron chi connectivity index (χ1n) is 7.31. The summed E-state index contributed by atoms with van der Waals surface area (Å²) in [7, 11) is 0. The number of carbonyl (C=O) groups is 1. The summed E-state index contributed by atoms with van der Waals surface area (Å²) in [6.07, 6.45) is 1.43. The fraction of sp³-hybridized carbons (Fsp3) is 0. The van der Waals surface area contributed by atoms with E-state index >= 15 is 0 Å². The Morgan fingerprint density at radius 1 is 1.22 bits per heavy atom. The second kappa shape index (κ2) is 8.21. The minimum absolute atomic E-state index is 0.0380. The highest BCUT2D eigenvalue weighted by Gasteiger charge is 2.13. The van der Waals surface area contributed by atoms with Crippen molar-refractivity contribution in [3.8, 4) is 0 Å². The Labute approximate surface area is 166 Å². The van der Waals surface area contributed by atoms with Crippen molar-refractivity contribution in [3.05, 3.63) is 73.8 Å². The van der Waals surface area contributed by atoms with Gasteiger partial charge < -0.3 is 0 Å². The van der Waals surface area contributed by atoms with Crippen molar-refractivity contribution in [2.45, 2.75) is 0 Å². The summed E-state index contributed by atoms with van der Waals surface area (Å²) in [4.78, 5) is 26.6. The number of nitrogens with zero attached hydrogens (tertiary/aromatic N) is 4. The number of aliphatic imine (C=N–C) groups is 1. The Morgan fingerprint density at radius 3 is 2.78 bits per heavy atom. The number of non-ortho nitro benzene ring substituents is 1. The number of nitro benzene ring substituents is 1. The lowest BCUT2D eigenvalue weighted by Gasteiger charge is -2.03. The first-order valence-corrected chi connectivity index (χ1v) is 8.88. The number of hydrogen-bond acceptors (Lipinski definition) is 7. The molecule has 0 radical (unpaired) electrons. The van der Waals surface area contributed by atoms with Crippen molar-refractivity contribution in [2.24, 2.45) is 4.99 Å². The zero-order chi connectivity index (χ0) is 19.4. The molecule has 8 nitrogen and oxygen atoms in total. The number of hydrogen-bond donors (Lipinski definition) is 1. The summed E-state index contributed by atoms with van der Waals surface area (Å²) in [5.41, 5.74) is 0.750. The van der Waals surface area contributed by atoms with Crippen LogP contribution in [-0.4, -0.2) is 27.2 Å². The summed E-state index contributed by atoms with van der Waals surface area (Å²) in [6, 6.07) is 10.5. The molecule has 0 aliphatic carbocycles. The lowest BCUT2D eigenvalue weighted by molar-refractivity contribution is -0.384. The van der Waals surface area contributed by atoms with E-state index in [4.69, 9.17) is 23.2 Å². The Bertz CT molecular complexity index is 1050. The van der Waals surface area contributed by atoms with Gasteiger partial charge in [0.2, 0.25) is 10.3 Å². The van der Waals surface area contributed by atoms with Gasteiger partial charge in [0.05, 0.1) is 15.5 Å². The lowest BCUT2D eigenvalue weighted by atomic mass is 10.2. The average Bonchev–Trinajstić information content (AvgIpc) is 3.07. The molecule has 27 heavy (non-hydrogen) atoms. The largest absolute Gasteiger partial charge is 0.296 e. The summed E-state index contributed by atoms with van der Waals surface area (Å²) >= 11 is 12.8. The molecule has 3 rings (SSSR count). The zero-order valence-electron chi connectivity index (χ0n) is 13.3. The minimum Gasteiger partial charge on any atom is -0.296 e. The minimum atomic E-state index is -0.488. The van der Waals surface area contributed by atoms with Crippen LogP contribution in [0, 0.1) is 10.1 Å². The number of nitrogens with one attached hydrogen (secondary N) is 1. The molecule has 11 heteroatoms. The van der Waals surface area contributed by atoms with Gasteiger partial charge in [-0.25, -0.2) is 4.99 Å². The topological polar surface area (TPSA) is 110 Å². The number of aromatic nitrogens is 2. The highest BCUT2D eigenvalue weighted by Crippen LogP contribution is 2.25. The van der Waals surface area contributed by atoms with Gasteiger partial charge in [-0.3, -0.25) is 20.2 Å². The van der Waals surface area contributed by atoms with E-state index in [-0.39, 0.29) is 26.5 Å². The van der Waals surface area contributed by atoms with E-state index in [1.54, 1.807) is 18.2 Å². The lowest BCUT2D eigenvalue weighted by Crippen LogP contribution is -2.12. The molecule has 3 aromatic rings. The van der Waals surface area contributed by atoms with Gasteiger partial charge in [-0.05, 0) is 23.8 Å². The number of anilines is 1. The zero-order valence-corrected chi connectivity index (χ0v) is 15.6. The average molecular weight is 422 g/mol. The third-order valence-corrected chi connectivity index (χ3v) is 4.51. The fourth-order valence-corrected chi connectivity index (χ4v) is 3.08. The van der Waals surface area contributed by atoms with Crippen LogP contribution in [0.25, 0.3) is 0 Å². The third-order valence-electron chi connectivity index (χ3n) is 3.22. The number of halogens is 2. The maximum absolute atomic E-state index is 12.2. The van der Waals surface area contributed by atoms with E-state index in [1.807, 2.05) is 0 Å². The molecule has 0 bridgehead atoms. The van der Waals surface area contributed by atoms with Gasteiger partial charge in [-0.1, -0.05) is 46.7 Å². The fourth-order valence-electron chi connectivity index (χ4n) is 2.00. The van der Waals surface area contributed by atoms with Crippen molar-refractivity contribution < 1.29 is 9.72 Å². The van der Waals surface area contributed by atoms with Gasteiger partial charge in [-0.15, -0.1) is 10.2 Å². The molecule has 0 unspecified atom stereocenters. The molecule has 1 heterocycles. The van der Waals surface area contributed by atoms with Gasteiger partial charge in [0, 0.05) is 23.4 Å². The predicted molar refractivity (Wildman–Crippen MR) is 105 cm³/mol. The van der Waals surface area contributed by atoms with E-state index in [2.05, 4.69) is 20.5 Å². The highest BCUT2D eigenvalue weighted by atomic mass is 35.5. The van der Waals surface area contributed by atoms with Crippen LogP contribution >= 0.6 is 34.5 Å². The molecular weight excluding hydrogens is 413 g/mol. The van der Waals surface area contributed by atoms with Crippen LogP contribution in [0.5, 0.6) is 0 Å². The number of rotatable bonds is 5. The van der Waals surface area contributed by atoms with Crippen molar-refractivity contribution in [3.63, 3.8) is 0 Å². The molecule has 0 fully saturated rings. The molecule has 0 spiro atoms. The van der Waals surface area contributed by atoms with Crippen LogP contribution in [0.1, 0.15) is 15.9 Å². The molecular formula is C16H9Cl2N5O3S. The Morgan fingerprint density at radius 2 is 2.04 bits per heavy atom. The summed E-state index contributed by atoms with van der Waals surface area (Å²) in [6.45, 7) is 0. The molecule has 2 aromatic carbocycles. The molecule has 1 N–H and O–H groups in total. The monoisotopic (exact) mass is 421 g/mol. The van der Waals surface area contributed by atoms with Crippen molar-refractivity contribution >= 4 is 62.6 Å². The number of carbonyl (C=O) groups excluding carboxylic acids is 1. The summed E-state index contributed by atoms with van der Waals surface area (Å²) in [5.74, 6) is -0.456. The third kappa shape index (κ3) is 4.85. The summed E-state index contributed by atoms with van der Waals surface area (Å²) in [5, 5.41) is 22.2. The standard InChI is InChI=1S/C16H9Cl2N5O3S/c17-10-4-5-12(13(18)7-10)14(24)20-16-22-21-15(27-16)19-8-9-2-1-3-11(6-9)23(25)26/h1-8H,(H,20,22,24)/b19-8+. The van der Waals surface area contributed by atoms with Gasteiger partial charge in [-0.2, -0.15) is 0 Å². The molecule has 0 aliphatic rings. The van der Waals surface area contributed by atoms with Crippen LogP contribution < -0.4 is 5.32 Å². The van der Waals surface area contributed by atoms with Crippen LogP contribution in [0.4, 0.5) is 16.0 Å². The number of benzene rings is 2. The molecule has 0 aliphatic heterocycles. The Hall–Kier alpha value is -2.88. The van der Waals surface area contributed by atoms with Crippen LogP contribution in [0.3, 0.4) is 0 Å². The van der Waals surface area contributed by atoms with Crippen molar-refractivity contribution in [2.75, 3.05) is 5.32 Å². The Balaban J connectivity index is 1.70.